The molecular formula is C18H21ClN2O3S. The van der Waals surface area contributed by atoms with Gasteiger partial charge in [0.1, 0.15) is 5.70 Å². The van der Waals surface area contributed by atoms with E-state index in [1.807, 2.05) is 0 Å². The van der Waals surface area contributed by atoms with Gasteiger partial charge in [-0.2, -0.15) is 0 Å². The summed E-state index contributed by atoms with van der Waals surface area (Å²) in [5.41, 5.74) is 1.17. The molecule has 1 saturated heterocycles. The Balaban J connectivity index is 1.94. The molecular weight excluding hydrogens is 360 g/mol. The number of rotatable bonds is 3. The van der Waals surface area contributed by atoms with E-state index in [9.17, 15) is 9.90 Å². The molecule has 1 N–H and O–H groups in total. The van der Waals surface area contributed by atoms with Crippen molar-refractivity contribution in [2.75, 3.05) is 14.2 Å². The van der Waals surface area contributed by atoms with Gasteiger partial charge in [0.05, 0.1) is 12.1 Å². The van der Waals surface area contributed by atoms with Gasteiger partial charge >= 0.3 is 0 Å². The van der Waals surface area contributed by atoms with Gasteiger partial charge in [0, 0.05) is 13.1 Å². The van der Waals surface area contributed by atoms with Crippen LogP contribution in [-0.4, -0.2) is 46.1 Å². The lowest BCUT2D eigenvalue weighted by molar-refractivity contribution is -0.124. The van der Waals surface area contributed by atoms with E-state index in [1.165, 1.54) is 13.5 Å². The van der Waals surface area contributed by atoms with E-state index < -0.39 is 0 Å². The zero-order chi connectivity index (χ0) is 18.1. The molecule has 1 aromatic carbocycles. The Bertz CT molecular complexity index is 744. The highest BCUT2D eigenvalue weighted by molar-refractivity contribution is 7.80. The maximum absolute atomic E-state index is 13.0. The molecule has 0 radical (unpaired) electrons. The van der Waals surface area contributed by atoms with Crippen LogP contribution >= 0.6 is 23.8 Å². The number of thiocarbonyl (C=S) groups is 1. The third kappa shape index (κ3) is 3.33. The standard InChI is InChI=1S/C18H21ClN2O3S/c1-20-14(9-11-8-13(19)16(22)15(10-11)24-2)17(23)21(18(20)25)12-6-4-3-5-7-12/h8-10,12,22H,3-7H2,1-2H3. The van der Waals surface area contributed by atoms with Crippen molar-refractivity contribution in [3.8, 4) is 11.5 Å². The topological polar surface area (TPSA) is 53.0 Å². The Morgan fingerprint density at radius 2 is 2.00 bits per heavy atom. The van der Waals surface area contributed by atoms with E-state index in [0.29, 0.717) is 16.4 Å². The Labute approximate surface area is 157 Å². The lowest BCUT2D eigenvalue weighted by Gasteiger charge is -2.30. The molecule has 0 aromatic heterocycles. The summed E-state index contributed by atoms with van der Waals surface area (Å²) in [5, 5.41) is 10.6. The van der Waals surface area contributed by atoms with Crippen molar-refractivity contribution in [1.29, 1.82) is 0 Å². The first kappa shape index (κ1) is 18.0. The van der Waals surface area contributed by atoms with Crippen LogP contribution in [0.5, 0.6) is 11.5 Å². The fraction of sp³-hybridized carbons (Fsp3) is 0.444. The molecule has 1 saturated carbocycles. The maximum atomic E-state index is 13.0. The molecule has 0 spiro atoms. The van der Waals surface area contributed by atoms with Crippen LogP contribution in [0.2, 0.25) is 5.02 Å². The second-order valence-electron chi connectivity index (χ2n) is 6.39. The van der Waals surface area contributed by atoms with E-state index in [2.05, 4.69) is 0 Å². The highest BCUT2D eigenvalue weighted by Gasteiger charge is 2.40. The van der Waals surface area contributed by atoms with Crippen LogP contribution in [0, 0.1) is 0 Å². The van der Waals surface area contributed by atoms with Gasteiger partial charge in [0.15, 0.2) is 16.6 Å². The number of halogens is 1. The minimum atomic E-state index is -0.114. The van der Waals surface area contributed by atoms with Crippen molar-refractivity contribution in [3.63, 3.8) is 0 Å². The van der Waals surface area contributed by atoms with E-state index in [-0.39, 0.29) is 28.5 Å². The largest absolute Gasteiger partial charge is 0.503 e. The summed E-state index contributed by atoms with van der Waals surface area (Å²) in [4.78, 5) is 16.4. The van der Waals surface area contributed by atoms with Crippen LogP contribution in [0.4, 0.5) is 0 Å². The summed E-state index contributed by atoms with van der Waals surface area (Å²) in [5.74, 6) is 0.0681. The summed E-state index contributed by atoms with van der Waals surface area (Å²) in [6, 6.07) is 3.42. The van der Waals surface area contributed by atoms with Gasteiger partial charge in [-0.1, -0.05) is 30.9 Å². The quantitative estimate of drug-likeness (QED) is 0.638. The van der Waals surface area contributed by atoms with Gasteiger partial charge in [0.2, 0.25) is 0 Å². The van der Waals surface area contributed by atoms with E-state index >= 15 is 0 Å². The smallest absolute Gasteiger partial charge is 0.277 e. The molecule has 1 aromatic rings. The van der Waals surface area contributed by atoms with E-state index in [1.54, 1.807) is 35.1 Å². The van der Waals surface area contributed by atoms with Crippen LogP contribution in [0.15, 0.2) is 17.8 Å². The zero-order valence-corrected chi connectivity index (χ0v) is 15.9. The molecule has 1 heterocycles. The fourth-order valence-corrected chi connectivity index (χ4v) is 3.98. The lowest BCUT2D eigenvalue weighted by Crippen LogP contribution is -2.41. The Morgan fingerprint density at radius 1 is 1.32 bits per heavy atom. The Hall–Kier alpha value is -1.79. The first-order chi connectivity index (χ1) is 11.9. The number of nitrogens with zero attached hydrogens (tertiary/aromatic N) is 2. The third-order valence-corrected chi connectivity index (χ3v) is 5.56. The molecule has 5 nitrogen and oxygen atoms in total. The van der Waals surface area contributed by atoms with Crippen molar-refractivity contribution in [2.45, 2.75) is 38.1 Å². The molecule has 1 amide bonds. The highest BCUT2D eigenvalue weighted by atomic mass is 35.5. The van der Waals surface area contributed by atoms with Gasteiger partial charge in [-0.05, 0) is 48.8 Å². The number of likely N-dealkylation sites (N-methyl/N-ethyl adjacent to an activating group) is 1. The van der Waals surface area contributed by atoms with Crippen LogP contribution in [0.3, 0.4) is 0 Å². The van der Waals surface area contributed by atoms with Crippen LogP contribution < -0.4 is 4.74 Å². The zero-order valence-electron chi connectivity index (χ0n) is 14.3. The van der Waals surface area contributed by atoms with Crippen molar-refractivity contribution < 1.29 is 14.6 Å². The van der Waals surface area contributed by atoms with Crippen LogP contribution in [0.25, 0.3) is 6.08 Å². The van der Waals surface area contributed by atoms with Gasteiger partial charge in [-0.3, -0.25) is 9.69 Å². The van der Waals surface area contributed by atoms with Crippen LogP contribution in [0.1, 0.15) is 37.7 Å². The number of carbonyl (C=O) groups is 1. The molecule has 2 aliphatic rings. The number of benzene rings is 1. The van der Waals surface area contributed by atoms with Crippen molar-refractivity contribution in [1.82, 2.24) is 9.80 Å². The van der Waals surface area contributed by atoms with Gasteiger partial charge in [-0.15, -0.1) is 0 Å². The molecule has 1 aliphatic heterocycles. The first-order valence-electron chi connectivity index (χ1n) is 8.33. The molecule has 0 bridgehead atoms. The van der Waals surface area contributed by atoms with E-state index in [4.69, 9.17) is 28.6 Å². The number of methoxy groups -OCH3 is 1. The van der Waals surface area contributed by atoms with Gasteiger partial charge < -0.3 is 14.7 Å². The van der Waals surface area contributed by atoms with Gasteiger partial charge in [0.25, 0.3) is 5.91 Å². The number of phenolic OH excluding ortho intramolecular Hbond substituents is 1. The summed E-state index contributed by atoms with van der Waals surface area (Å²) in [6.07, 6.45) is 7.19. The number of ether oxygens (including phenoxy) is 1. The molecule has 1 aliphatic carbocycles. The molecule has 2 fully saturated rings. The number of phenols is 1. The SMILES string of the molecule is COc1cc(C=C2C(=O)N(C3CCCCC3)C(=S)N2C)cc(Cl)c1O. The predicted molar refractivity (Wildman–Crippen MR) is 102 cm³/mol. The van der Waals surface area contributed by atoms with E-state index in [0.717, 1.165) is 25.7 Å². The third-order valence-electron chi connectivity index (χ3n) is 4.81. The fourth-order valence-electron chi connectivity index (χ4n) is 3.43. The van der Waals surface area contributed by atoms with Crippen molar-refractivity contribution in [2.24, 2.45) is 0 Å². The maximum Gasteiger partial charge on any atom is 0.277 e. The molecule has 25 heavy (non-hydrogen) atoms. The highest BCUT2D eigenvalue weighted by Crippen LogP contribution is 2.36. The second-order valence-corrected chi connectivity index (χ2v) is 7.16. The Morgan fingerprint density at radius 3 is 2.64 bits per heavy atom. The van der Waals surface area contributed by atoms with Crippen LogP contribution in [-0.2, 0) is 4.79 Å². The summed E-state index contributed by atoms with van der Waals surface area (Å²) < 4.78 is 5.12. The Kier molecular flexibility index (Phi) is 5.20. The lowest BCUT2D eigenvalue weighted by atomic mass is 9.94. The summed E-state index contributed by atoms with van der Waals surface area (Å²) >= 11 is 11.6. The second kappa shape index (κ2) is 7.22. The number of hydrogen-bond acceptors (Lipinski definition) is 4. The normalized spacial score (nSPS) is 20.7. The average Bonchev–Trinajstić information content (AvgIpc) is 2.82. The molecule has 7 heteroatoms. The molecule has 3 rings (SSSR count). The van der Waals surface area contributed by atoms with Crippen molar-refractivity contribution in [3.05, 3.63) is 28.4 Å². The number of hydrogen-bond donors (Lipinski definition) is 1. The monoisotopic (exact) mass is 380 g/mol. The number of amides is 1. The minimum absolute atomic E-state index is 0.0810. The molecule has 0 unspecified atom stereocenters. The number of carbonyl (C=O) groups excluding carboxylic acids is 1. The minimum Gasteiger partial charge on any atom is -0.503 e. The van der Waals surface area contributed by atoms with Gasteiger partial charge in [-0.25, -0.2) is 0 Å². The first-order valence-corrected chi connectivity index (χ1v) is 9.12. The summed E-state index contributed by atoms with van der Waals surface area (Å²) in [7, 11) is 3.25. The number of aromatic hydroxyl groups is 1. The van der Waals surface area contributed by atoms with Crippen molar-refractivity contribution >= 4 is 40.9 Å². The molecule has 0 atom stereocenters. The summed E-state index contributed by atoms with van der Waals surface area (Å²) in [6.45, 7) is 0. The predicted octanol–water partition coefficient (Wildman–Crippen LogP) is 3.79. The average molecular weight is 381 g/mol. The molecule has 134 valence electrons.